The second-order valence-corrected chi connectivity index (χ2v) is 9.29. The highest BCUT2D eigenvalue weighted by Gasteiger charge is 2.38. The molecule has 2 aromatic heterocycles. The van der Waals surface area contributed by atoms with Crippen molar-refractivity contribution in [1.82, 2.24) is 34.4 Å². The van der Waals surface area contributed by atoms with Crippen molar-refractivity contribution in [2.75, 3.05) is 45.8 Å². The fourth-order valence-electron chi connectivity index (χ4n) is 4.97. The molecule has 1 aliphatic carbocycles. The normalized spacial score (nSPS) is 22.2. The van der Waals surface area contributed by atoms with Crippen molar-refractivity contribution in [3.8, 4) is 0 Å². The van der Waals surface area contributed by atoms with E-state index in [0.29, 0.717) is 17.0 Å². The number of aromatic nitrogens is 3. The van der Waals surface area contributed by atoms with E-state index in [2.05, 4.69) is 15.3 Å². The van der Waals surface area contributed by atoms with Gasteiger partial charge in [-0.05, 0) is 13.0 Å². The Hall–Kier alpha value is -4.07. The van der Waals surface area contributed by atoms with Gasteiger partial charge in [-0.3, -0.25) is 23.9 Å². The van der Waals surface area contributed by atoms with Crippen molar-refractivity contribution < 1.29 is 27.9 Å². The number of halogens is 2. The van der Waals surface area contributed by atoms with Crippen molar-refractivity contribution in [2.45, 2.75) is 25.6 Å². The highest BCUT2D eigenvalue weighted by molar-refractivity contribution is 5.96. The van der Waals surface area contributed by atoms with Crippen LogP contribution in [0.3, 0.4) is 0 Å². The molecule has 202 valence electrons. The molecule has 2 saturated heterocycles. The van der Waals surface area contributed by atoms with Gasteiger partial charge in [0.2, 0.25) is 5.91 Å². The van der Waals surface area contributed by atoms with Crippen molar-refractivity contribution in [3.63, 3.8) is 0 Å². The molecule has 0 radical (unpaired) electrons. The number of rotatable bonds is 6. The Kier molecular flexibility index (Phi) is 6.97. The van der Waals surface area contributed by atoms with Crippen LogP contribution in [0.2, 0.25) is 0 Å². The Labute approximate surface area is 216 Å². The van der Waals surface area contributed by atoms with Gasteiger partial charge in [0.25, 0.3) is 5.91 Å². The number of hydrogen-bond donors (Lipinski definition) is 2. The Morgan fingerprint density at radius 1 is 1.26 bits per heavy atom. The Bertz CT molecular complexity index is 1330. The van der Waals surface area contributed by atoms with Crippen LogP contribution in [0.25, 0.3) is 5.65 Å². The van der Waals surface area contributed by atoms with Gasteiger partial charge in [-0.1, -0.05) is 0 Å². The number of nitrogens with two attached hydrogens (primary N) is 1. The van der Waals surface area contributed by atoms with Crippen LogP contribution >= 0.6 is 0 Å². The Morgan fingerprint density at radius 3 is 2.71 bits per heavy atom. The molecule has 2 atom stereocenters. The number of aryl methyl sites for hydroxylation is 1. The van der Waals surface area contributed by atoms with Crippen LogP contribution in [0, 0.1) is 6.92 Å². The Balaban J connectivity index is 1.17. The summed E-state index contributed by atoms with van der Waals surface area (Å²) < 4.78 is 36.8. The number of carbonyl (C=O) groups is 3. The van der Waals surface area contributed by atoms with E-state index in [0.717, 1.165) is 6.08 Å². The molecule has 2 fully saturated rings. The van der Waals surface area contributed by atoms with Crippen molar-refractivity contribution in [1.29, 1.82) is 0 Å². The molecule has 3 N–H and O–H groups in total. The van der Waals surface area contributed by atoms with Gasteiger partial charge in [-0.15, -0.1) is 0 Å². The summed E-state index contributed by atoms with van der Waals surface area (Å²) in [4.78, 5) is 50.1. The summed E-state index contributed by atoms with van der Waals surface area (Å²) in [6.45, 7) is 2.70. The molecule has 0 bridgehead atoms. The maximum Gasteiger partial charge on any atom is 0.414 e. The monoisotopic (exact) mass is 530 g/mol. The number of fused-ring (bicyclic) bond motifs is 1. The molecule has 3 aliphatic rings. The first kappa shape index (κ1) is 25.6. The average Bonchev–Trinajstić information content (AvgIpc) is 3.45. The lowest BCUT2D eigenvalue weighted by Gasteiger charge is -2.39. The largest absolute Gasteiger partial charge is 0.443 e. The topological polar surface area (TPSA) is 138 Å². The van der Waals surface area contributed by atoms with Gasteiger partial charge in [0.05, 0.1) is 30.7 Å². The number of piperazine rings is 1. The summed E-state index contributed by atoms with van der Waals surface area (Å²) in [6, 6.07) is 0. The van der Waals surface area contributed by atoms with Gasteiger partial charge < -0.3 is 25.6 Å². The van der Waals surface area contributed by atoms with Crippen molar-refractivity contribution in [3.05, 3.63) is 53.3 Å². The van der Waals surface area contributed by atoms with Crippen LogP contribution < -0.4 is 11.1 Å². The minimum Gasteiger partial charge on any atom is -0.443 e. The van der Waals surface area contributed by atoms with E-state index in [9.17, 15) is 14.4 Å². The number of cyclic esters (lactones) is 1. The standard InChI is InChI=1S/C24H28F2N8O4/c1-14-21(33-3-2-28-11-19(33)30-14)23(36)29-12-20(35)31-4-6-32(7-5-31)22-17(25)8-15(9-18(22)26)34-13-16(10-27)38-24(34)37/h2-3,8,11,16,18H,4-7,9-10,12-13,27H2,1H3,(H,29,36). The lowest BCUT2D eigenvalue weighted by Crippen LogP contribution is -2.52. The third-order valence-corrected chi connectivity index (χ3v) is 6.90. The summed E-state index contributed by atoms with van der Waals surface area (Å²) in [5.74, 6) is -1.50. The summed E-state index contributed by atoms with van der Waals surface area (Å²) >= 11 is 0. The molecule has 0 spiro atoms. The van der Waals surface area contributed by atoms with E-state index in [-0.39, 0.29) is 69.5 Å². The first-order valence-electron chi connectivity index (χ1n) is 12.3. The SMILES string of the molecule is Cc1nc2cnccn2c1C(=O)NCC(=O)N1CCN(C2=C(F)C=C(N3CC(CN)OC3=O)CC2F)CC1. The van der Waals surface area contributed by atoms with Gasteiger partial charge in [-0.25, -0.2) is 18.6 Å². The zero-order chi connectivity index (χ0) is 27.0. The number of alkyl halides is 1. The zero-order valence-corrected chi connectivity index (χ0v) is 20.8. The van der Waals surface area contributed by atoms with E-state index in [4.69, 9.17) is 10.5 Å². The molecule has 38 heavy (non-hydrogen) atoms. The first-order chi connectivity index (χ1) is 18.3. The summed E-state index contributed by atoms with van der Waals surface area (Å²) in [6.07, 6.45) is 2.87. The van der Waals surface area contributed by atoms with Gasteiger partial charge >= 0.3 is 6.09 Å². The van der Waals surface area contributed by atoms with Crippen molar-refractivity contribution >= 4 is 23.6 Å². The van der Waals surface area contributed by atoms with E-state index in [1.54, 1.807) is 27.3 Å². The molecule has 2 aliphatic heterocycles. The van der Waals surface area contributed by atoms with E-state index in [1.165, 1.54) is 17.3 Å². The fourth-order valence-corrected chi connectivity index (χ4v) is 4.97. The van der Waals surface area contributed by atoms with Crippen LogP contribution in [0.4, 0.5) is 13.6 Å². The molecule has 0 aromatic carbocycles. The highest BCUT2D eigenvalue weighted by atomic mass is 19.1. The van der Waals surface area contributed by atoms with Gasteiger partial charge in [0.1, 0.15) is 23.8 Å². The van der Waals surface area contributed by atoms with E-state index >= 15 is 8.78 Å². The predicted octanol–water partition coefficient (Wildman–Crippen LogP) is 0.498. The lowest BCUT2D eigenvalue weighted by atomic mass is 10.0. The summed E-state index contributed by atoms with van der Waals surface area (Å²) in [7, 11) is 0. The number of carbonyl (C=O) groups excluding carboxylic acids is 3. The Morgan fingerprint density at radius 2 is 2.03 bits per heavy atom. The maximum absolute atomic E-state index is 15.1. The van der Waals surface area contributed by atoms with Crippen LogP contribution in [-0.4, -0.2) is 105 Å². The molecule has 0 saturated carbocycles. The first-order valence-corrected chi connectivity index (χ1v) is 12.3. The average molecular weight is 531 g/mol. The predicted molar refractivity (Wildman–Crippen MR) is 130 cm³/mol. The molecule has 2 unspecified atom stereocenters. The van der Waals surface area contributed by atoms with Crippen LogP contribution in [-0.2, 0) is 9.53 Å². The van der Waals surface area contributed by atoms with E-state index in [1.807, 2.05) is 0 Å². The van der Waals surface area contributed by atoms with Gasteiger partial charge in [0.15, 0.2) is 5.65 Å². The minimum absolute atomic E-state index is 0.0883. The molecular formula is C24H28F2N8O4. The number of hydrogen-bond acceptors (Lipinski definition) is 8. The summed E-state index contributed by atoms with van der Waals surface area (Å²) in [5.41, 5.74) is 7.01. The summed E-state index contributed by atoms with van der Waals surface area (Å²) in [5, 5.41) is 2.63. The molecule has 5 rings (SSSR count). The molecule has 4 heterocycles. The van der Waals surface area contributed by atoms with Crippen LogP contribution in [0.1, 0.15) is 22.6 Å². The van der Waals surface area contributed by atoms with E-state index < -0.39 is 30.1 Å². The van der Waals surface area contributed by atoms with Gasteiger partial charge in [0, 0.05) is 57.2 Å². The number of nitrogens with zero attached hydrogens (tertiary/aromatic N) is 6. The van der Waals surface area contributed by atoms with Gasteiger partial charge in [-0.2, -0.15) is 0 Å². The zero-order valence-electron chi connectivity index (χ0n) is 20.8. The molecule has 3 amide bonds. The molecule has 12 nitrogen and oxygen atoms in total. The van der Waals surface area contributed by atoms with Crippen molar-refractivity contribution in [2.24, 2.45) is 5.73 Å². The molecule has 14 heteroatoms. The highest BCUT2D eigenvalue weighted by Crippen LogP contribution is 2.34. The minimum atomic E-state index is -1.65. The maximum atomic E-state index is 15.1. The number of ether oxygens (including phenoxy) is 1. The number of allylic oxidation sites excluding steroid dienone is 4. The number of imidazole rings is 1. The lowest BCUT2D eigenvalue weighted by molar-refractivity contribution is -0.131. The van der Waals surface area contributed by atoms with Crippen LogP contribution in [0.15, 0.2) is 41.9 Å². The molecular weight excluding hydrogens is 502 g/mol. The second-order valence-electron chi connectivity index (χ2n) is 9.29. The third kappa shape index (κ3) is 4.78. The van der Waals surface area contributed by atoms with Crippen LogP contribution in [0.5, 0.6) is 0 Å². The smallest absolute Gasteiger partial charge is 0.414 e. The fraction of sp³-hybridized carbons (Fsp3) is 0.458. The molecule has 2 aromatic rings. The second kappa shape index (κ2) is 10.4. The third-order valence-electron chi connectivity index (χ3n) is 6.90. The number of amides is 3. The number of nitrogens with one attached hydrogen (secondary N) is 1. The quantitative estimate of drug-likeness (QED) is 0.551.